The molecule has 0 spiro atoms. The number of fused-ring (bicyclic) bond motifs is 1. The van der Waals surface area contributed by atoms with Crippen molar-refractivity contribution < 1.29 is 4.39 Å². The first-order valence-corrected chi connectivity index (χ1v) is 6.23. The van der Waals surface area contributed by atoms with Crippen molar-refractivity contribution in [3.8, 4) is 6.07 Å². The van der Waals surface area contributed by atoms with Crippen molar-refractivity contribution >= 4 is 16.6 Å². The highest BCUT2D eigenvalue weighted by Gasteiger charge is 2.18. The number of rotatable bonds is 1. The van der Waals surface area contributed by atoms with Crippen LogP contribution in [0.4, 0.5) is 10.1 Å². The van der Waals surface area contributed by atoms with E-state index in [1.54, 1.807) is 12.3 Å². The molecular weight excluding hydrogens is 243 g/mol. The van der Waals surface area contributed by atoms with E-state index in [0.717, 1.165) is 31.9 Å². The Morgan fingerprint density at radius 1 is 1.32 bits per heavy atom. The second kappa shape index (κ2) is 4.82. The largest absolute Gasteiger partial charge is 0.367 e. The quantitative estimate of drug-likeness (QED) is 0.843. The molecule has 1 saturated heterocycles. The van der Waals surface area contributed by atoms with Crippen molar-refractivity contribution in [2.24, 2.45) is 0 Å². The SMILES string of the molecule is N#Cc1cnc2ccc(F)cc2c1N1CCNCC1. The maximum Gasteiger partial charge on any atom is 0.124 e. The highest BCUT2D eigenvalue weighted by molar-refractivity contribution is 5.94. The zero-order valence-corrected chi connectivity index (χ0v) is 10.4. The van der Waals surface area contributed by atoms with E-state index in [4.69, 9.17) is 0 Å². The summed E-state index contributed by atoms with van der Waals surface area (Å²) >= 11 is 0. The summed E-state index contributed by atoms with van der Waals surface area (Å²) in [4.78, 5) is 6.34. The molecule has 0 atom stereocenters. The lowest BCUT2D eigenvalue weighted by Crippen LogP contribution is -2.44. The van der Waals surface area contributed by atoms with Crippen LogP contribution in [0.5, 0.6) is 0 Å². The van der Waals surface area contributed by atoms with Gasteiger partial charge in [0.15, 0.2) is 0 Å². The van der Waals surface area contributed by atoms with E-state index < -0.39 is 0 Å². The third-order valence-corrected chi connectivity index (χ3v) is 3.36. The number of aromatic nitrogens is 1. The minimum atomic E-state index is -0.305. The molecule has 1 aromatic heterocycles. The van der Waals surface area contributed by atoms with E-state index in [0.29, 0.717) is 16.5 Å². The minimum absolute atomic E-state index is 0.305. The zero-order valence-electron chi connectivity index (χ0n) is 10.4. The Labute approximate surface area is 110 Å². The summed E-state index contributed by atoms with van der Waals surface area (Å²) in [6, 6.07) is 6.66. The molecule has 2 aromatic rings. The number of hydrogen-bond acceptors (Lipinski definition) is 4. The number of piperazine rings is 1. The summed E-state index contributed by atoms with van der Waals surface area (Å²) in [5.74, 6) is -0.305. The van der Waals surface area contributed by atoms with E-state index in [1.165, 1.54) is 12.1 Å². The molecule has 1 aromatic carbocycles. The third-order valence-electron chi connectivity index (χ3n) is 3.36. The molecule has 19 heavy (non-hydrogen) atoms. The molecular formula is C14H13FN4. The van der Waals surface area contributed by atoms with Crippen LogP contribution in [-0.4, -0.2) is 31.2 Å². The Balaban J connectivity index is 2.23. The zero-order chi connectivity index (χ0) is 13.2. The van der Waals surface area contributed by atoms with Gasteiger partial charge in [-0.1, -0.05) is 0 Å². The van der Waals surface area contributed by atoms with Crippen LogP contribution in [0.1, 0.15) is 5.56 Å². The van der Waals surface area contributed by atoms with Gasteiger partial charge in [-0.25, -0.2) is 4.39 Å². The first kappa shape index (κ1) is 11.9. The van der Waals surface area contributed by atoms with E-state index >= 15 is 0 Å². The van der Waals surface area contributed by atoms with Crippen molar-refractivity contribution in [2.75, 3.05) is 31.1 Å². The fraction of sp³-hybridized carbons (Fsp3) is 0.286. The van der Waals surface area contributed by atoms with Crippen LogP contribution in [0.3, 0.4) is 0 Å². The normalized spacial score (nSPS) is 15.5. The summed E-state index contributed by atoms with van der Waals surface area (Å²) in [5.41, 5.74) is 2.02. The predicted octanol–water partition coefficient (Wildman–Crippen LogP) is 1.66. The Hall–Kier alpha value is -2.19. The minimum Gasteiger partial charge on any atom is -0.367 e. The van der Waals surface area contributed by atoms with Crippen LogP contribution in [-0.2, 0) is 0 Å². The summed E-state index contributed by atoms with van der Waals surface area (Å²) in [6.07, 6.45) is 1.57. The van der Waals surface area contributed by atoms with Crippen molar-refractivity contribution in [1.29, 1.82) is 5.26 Å². The van der Waals surface area contributed by atoms with Gasteiger partial charge in [0.2, 0.25) is 0 Å². The predicted molar refractivity (Wildman–Crippen MR) is 71.5 cm³/mol. The number of nitriles is 1. The van der Waals surface area contributed by atoms with Crippen molar-refractivity contribution in [3.63, 3.8) is 0 Å². The van der Waals surface area contributed by atoms with Crippen molar-refractivity contribution in [1.82, 2.24) is 10.3 Å². The Kier molecular flexibility index (Phi) is 3.02. The highest BCUT2D eigenvalue weighted by atomic mass is 19.1. The number of nitrogens with zero attached hydrogens (tertiary/aromatic N) is 3. The van der Waals surface area contributed by atoms with Crippen LogP contribution < -0.4 is 10.2 Å². The Morgan fingerprint density at radius 3 is 2.84 bits per heavy atom. The maximum atomic E-state index is 13.5. The summed E-state index contributed by atoms with van der Waals surface area (Å²) in [6.45, 7) is 3.35. The fourth-order valence-corrected chi connectivity index (χ4v) is 2.46. The molecule has 2 heterocycles. The average molecular weight is 256 g/mol. The van der Waals surface area contributed by atoms with Gasteiger partial charge in [0.1, 0.15) is 11.9 Å². The third kappa shape index (κ3) is 2.11. The fourth-order valence-electron chi connectivity index (χ4n) is 2.46. The smallest absolute Gasteiger partial charge is 0.124 e. The molecule has 1 N–H and O–H groups in total. The molecule has 5 heteroatoms. The van der Waals surface area contributed by atoms with E-state index in [-0.39, 0.29) is 5.82 Å². The van der Waals surface area contributed by atoms with Gasteiger partial charge in [-0.15, -0.1) is 0 Å². The molecule has 0 radical (unpaired) electrons. The number of benzene rings is 1. The number of anilines is 1. The highest BCUT2D eigenvalue weighted by Crippen LogP contribution is 2.30. The van der Waals surface area contributed by atoms with E-state index in [2.05, 4.69) is 21.3 Å². The lowest BCUT2D eigenvalue weighted by atomic mass is 10.1. The topological polar surface area (TPSA) is 52.0 Å². The first-order chi connectivity index (χ1) is 9.29. The molecule has 0 bridgehead atoms. The molecule has 0 unspecified atom stereocenters. The molecule has 3 rings (SSSR count). The summed E-state index contributed by atoms with van der Waals surface area (Å²) in [7, 11) is 0. The van der Waals surface area contributed by atoms with Gasteiger partial charge in [0, 0.05) is 37.8 Å². The van der Waals surface area contributed by atoms with Gasteiger partial charge in [0.25, 0.3) is 0 Å². The summed E-state index contributed by atoms with van der Waals surface area (Å²) in [5, 5.41) is 13.2. The molecule has 4 nitrogen and oxygen atoms in total. The molecule has 0 saturated carbocycles. The van der Waals surface area contributed by atoms with Gasteiger partial charge in [-0.3, -0.25) is 4.98 Å². The van der Waals surface area contributed by atoms with Crippen LogP contribution in [0.25, 0.3) is 10.9 Å². The van der Waals surface area contributed by atoms with Crippen LogP contribution in [0.15, 0.2) is 24.4 Å². The van der Waals surface area contributed by atoms with Crippen LogP contribution in [0, 0.1) is 17.1 Å². The second-order valence-electron chi connectivity index (χ2n) is 4.53. The standard InChI is InChI=1S/C14H13FN4/c15-11-1-2-13-12(7-11)14(10(8-16)9-18-13)19-5-3-17-4-6-19/h1-2,7,9,17H,3-6H2. The van der Waals surface area contributed by atoms with E-state index in [9.17, 15) is 9.65 Å². The van der Waals surface area contributed by atoms with Gasteiger partial charge in [-0.2, -0.15) is 5.26 Å². The Bertz CT molecular complexity index is 656. The lowest BCUT2D eigenvalue weighted by Gasteiger charge is -2.30. The first-order valence-electron chi connectivity index (χ1n) is 6.23. The lowest BCUT2D eigenvalue weighted by molar-refractivity contribution is 0.589. The van der Waals surface area contributed by atoms with Crippen molar-refractivity contribution in [2.45, 2.75) is 0 Å². The number of nitrogens with one attached hydrogen (secondary N) is 1. The maximum absolute atomic E-state index is 13.5. The monoisotopic (exact) mass is 256 g/mol. The molecule has 96 valence electrons. The van der Waals surface area contributed by atoms with Crippen LogP contribution >= 0.6 is 0 Å². The second-order valence-corrected chi connectivity index (χ2v) is 4.53. The molecule has 1 fully saturated rings. The van der Waals surface area contributed by atoms with Crippen molar-refractivity contribution in [3.05, 3.63) is 35.8 Å². The molecule has 0 amide bonds. The van der Waals surface area contributed by atoms with Gasteiger partial charge in [-0.05, 0) is 18.2 Å². The van der Waals surface area contributed by atoms with Gasteiger partial charge in [0.05, 0.1) is 16.8 Å². The summed E-state index contributed by atoms with van der Waals surface area (Å²) < 4.78 is 13.5. The van der Waals surface area contributed by atoms with E-state index in [1.807, 2.05) is 0 Å². The van der Waals surface area contributed by atoms with Gasteiger partial charge < -0.3 is 10.2 Å². The molecule has 1 aliphatic heterocycles. The number of hydrogen-bond donors (Lipinski definition) is 1. The average Bonchev–Trinajstić information content (AvgIpc) is 2.46. The Morgan fingerprint density at radius 2 is 2.11 bits per heavy atom. The number of pyridine rings is 1. The van der Waals surface area contributed by atoms with Crippen LogP contribution in [0.2, 0.25) is 0 Å². The number of halogens is 1. The molecule has 0 aliphatic carbocycles. The molecule has 1 aliphatic rings. The van der Waals surface area contributed by atoms with Gasteiger partial charge >= 0.3 is 0 Å².